The SMILES string of the molecule is CS(=O)(=O)C(C(=O)O)C1CCc2c([nH]c3ccc(Br)cc23)C1. The second kappa shape index (κ2) is 5.38. The molecule has 0 saturated carbocycles. The molecule has 0 spiro atoms. The molecule has 2 unspecified atom stereocenters. The Kier molecular flexibility index (Phi) is 3.81. The van der Waals surface area contributed by atoms with E-state index < -0.39 is 27.0 Å². The largest absolute Gasteiger partial charge is 0.480 e. The average molecular weight is 386 g/mol. The average Bonchev–Trinajstić information content (AvgIpc) is 2.73. The zero-order valence-corrected chi connectivity index (χ0v) is 14.4. The minimum atomic E-state index is -3.62. The van der Waals surface area contributed by atoms with Gasteiger partial charge in [0.2, 0.25) is 0 Å². The van der Waals surface area contributed by atoms with Crippen LogP contribution >= 0.6 is 15.9 Å². The summed E-state index contributed by atoms with van der Waals surface area (Å²) in [5, 5.41) is 9.07. The normalized spacial score (nSPS) is 19.8. The zero-order valence-electron chi connectivity index (χ0n) is 12.0. The summed E-state index contributed by atoms with van der Waals surface area (Å²) in [6.45, 7) is 0. The summed E-state index contributed by atoms with van der Waals surface area (Å²) in [4.78, 5) is 14.7. The molecule has 22 heavy (non-hydrogen) atoms. The van der Waals surface area contributed by atoms with Crippen molar-refractivity contribution < 1.29 is 18.3 Å². The van der Waals surface area contributed by atoms with Crippen LogP contribution in [0.4, 0.5) is 0 Å². The Morgan fingerprint density at radius 1 is 1.45 bits per heavy atom. The van der Waals surface area contributed by atoms with E-state index in [0.717, 1.165) is 27.3 Å². The zero-order chi connectivity index (χ0) is 16.1. The number of aliphatic carboxylic acids is 1. The molecule has 2 atom stereocenters. The number of H-pyrrole nitrogens is 1. The van der Waals surface area contributed by atoms with E-state index in [-0.39, 0.29) is 0 Å². The molecule has 7 heteroatoms. The second-order valence-electron chi connectivity index (χ2n) is 5.86. The van der Waals surface area contributed by atoms with Crippen molar-refractivity contribution in [2.45, 2.75) is 24.5 Å². The van der Waals surface area contributed by atoms with E-state index in [9.17, 15) is 18.3 Å². The number of hydrogen-bond acceptors (Lipinski definition) is 3. The number of aromatic amines is 1. The van der Waals surface area contributed by atoms with Crippen molar-refractivity contribution in [2.24, 2.45) is 5.92 Å². The fourth-order valence-corrected chi connectivity index (χ4v) is 5.08. The third-order valence-electron chi connectivity index (χ3n) is 4.32. The molecule has 3 rings (SSSR count). The Morgan fingerprint density at radius 3 is 2.82 bits per heavy atom. The molecule has 0 saturated heterocycles. The van der Waals surface area contributed by atoms with E-state index in [0.29, 0.717) is 19.3 Å². The summed E-state index contributed by atoms with van der Waals surface area (Å²) in [6, 6.07) is 5.95. The number of hydrogen-bond donors (Lipinski definition) is 2. The number of carboxylic acids is 1. The summed E-state index contributed by atoms with van der Waals surface area (Å²) in [6.07, 6.45) is 2.71. The van der Waals surface area contributed by atoms with Crippen LogP contribution < -0.4 is 0 Å². The standard InChI is InChI=1S/C15H16BrNO4S/c1-22(20,21)14(15(18)19)8-2-4-10-11-7-9(16)3-5-12(11)17-13(10)6-8/h3,5,7-8,14,17H,2,4,6H2,1H3,(H,18,19). The molecule has 1 aliphatic rings. The molecule has 0 aliphatic heterocycles. The molecule has 118 valence electrons. The number of nitrogens with one attached hydrogen (secondary N) is 1. The fraction of sp³-hybridized carbons (Fsp3) is 0.400. The van der Waals surface area contributed by atoms with Gasteiger partial charge in [0.05, 0.1) is 0 Å². The molecular formula is C15H16BrNO4S. The van der Waals surface area contributed by atoms with Gasteiger partial charge >= 0.3 is 5.97 Å². The van der Waals surface area contributed by atoms with E-state index in [1.54, 1.807) is 0 Å². The number of aromatic nitrogens is 1. The van der Waals surface area contributed by atoms with Crippen LogP contribution in [-0.2, 0) is 27.5 Å². The van der Waals surface area contributed by atoms with E-state index >= 15 is 0 Å². The van der Waals surface area contributed by atoms with Gasteiger partial charge in [0.15, 0.2) is 15.1 Å². The molecule has 0 radical (unpaired) electrons. The quantitative estimate of drug-likeness (QED) is 0.849. The highest BCUT2D eigenvalue weighted by Gasteiger charge is 2.39. The number of carboxylic acid groups (broad SMARTS) is 1. The van der Waals surface area contributed by atoms with Crippen LogP contribution in [0.1, 0.15) is 17.7 Å². The summed E-state index contributed by atoms with van der Waals surface area (Å²) in [7, 11) is -3.62. The number of carbonyl (C=O) groups is 1. The molecular weight excluding hydrogens is 370 g/mol. The van der Waals surface area contributed by atoms with Crippen LogP contribution in [0.25, 0.3) is 10.9 Å². The van der Waals surface area contributed by atoms with Crippen molar-refractivity contribution in [1.29, 1.82) is 0 Å². The fourth-order valence-electron chi connectivity index (χ4n) is 3.42. The first kappa shape index (κ1) is 15.6. The van der Waals surface area contributed by atoms with Gasteiger partial charge in [0.1, 0.15) is 0 Å². The second-order valence-corrected chi connectivity index (χ2v) is 8.95. The minimum absolute atomic E-state index is 0.392. The topological polar surface area (TPSA) is 87.2 Å². The summed E-state index contributed by atoms with van der Waals surface area (Å²) in [5.41, 5.74) is 3.13. The van der Waals surface area contributed by atoms with Crippen molar-refractivity contribution >= 4 is 42.6 Å². The van der Waals surface area contributed by atoms with Crippen LogP contribution in [0.15, 0.2) is 22.7 Å². The van der Waals surface area contributed by atoms with Gasteiger partial charge in [-0.1, -0.05) is 15.9 Å². The summed E-state index contributed by atoms with van der Waals surface area (Å²) < 4.78 is 24.6. The van der Waals surface area contributed by atoms with E-state index in [1.165, 1.54) is 5.56 Å². The lowest BCUT2D eigenvalue weighted by Gasteiger charge is -2.26. The van der Waals surface area contributed by atoms with Gasteiger partial charge in [-0.25, -0.2) is 8.42 Å². The Hall–Kier alpha value is -1.34. The highest BCUT2D eigenvalue weighted by molar-refractivity contribution is 9.10. The Morgan fingerprint density at radius 2 is 2.18 bits per heavy atom. The highest BCUT2D eigenvalue weighted by Crippen LogP contribution is 2.35. The predicted octanol–water partition coefficient (Wildman–Crippen LogP) is 2.53. The van der Waals surface area contributed by atoms with Gasteiger partial charge in [-0.3, -0.25) is 4.79 Å². The summed E-state index contributed by atoms with van der Waals surface area (Å²) in [5.74, 6) is -1.65. The van der Waals surface area contributed by atoms with E-state index in [4.69, 9.17) is 0 Å². The maximum atomic E-state index is 11.8. The molecule has 1 aliphatic carbocycles. The van der Waals surface area contributed by atoms with Crippen LogP contribution in [-0.4, -0.2) is 36.0 Å². The van der Waals surface area contributed by atoms with Crippen molar-refractivity contribution in [3.05, 3.63) is 33.9 Å². The lowest BCUT2D eigenvalue weighted by Crippen LogP contribution is -2.39. The maximum absolute atomic E-state index is 11.8. The van der Waals surface area contributed by atoms with Crippen LogP contribution in [0, 0.1) is 5.92 Å². The Labute approximate surface area is 136 Å². The van der Waals surface area contributed by atoms with Crippen molar-refractivity contribution in [3.63, 3.8) is 0 Å². The third-order valence-corrected chi connectivity index (χ3v) is 6.32. The molecule has 0 amide bonds. The molecule has 5 nitrogen and oxygen atoms in total. The van der Waals surface area contributed by atoms with E-state index in [1.807, 2.05) is 18.2 Å². The lowest BCUT2D eigenvalue weighted by atomic mass is 9.84. The molecule has 0 bridgehead atoms. The number of aryl methyl sites for hydroxylation is 1. The first-order valence-corrected chi connectivity index (χ1v) is 9.73. The third kappa shape index (κ3) is 2.67. The minimum Gasteiger partial charge on any atom is -0.480 e. The molecule has 2 N–H and O–H groups in total. The monoisotopic (exact) mass is 385 g/mol. The number of fused-ring (bicyclic) bond motifs is 3. The number of benzene rings is 1. The maximum Gasteiger partial charge on any atom is 0.322 e. The first-order chi connectivity index (χ1) is 10.3. The molecule has 2 aromatic rings. The molecule has 1 aromatic heterocycles. The Bertz CT molecular complexity index is 856. The van der Waals surface area contributed by atoms with Crippen LogP contribution in [0.2, 0.25) is 0 Å². The van der Waals surface area contributed by atoms with Crippen molar-refractivity contribution in [1.82, 2.24) is 4.98 Å². The molecule has 1 aromatic carbocycles. The summed E-state index contributed by atoms with van der Waals surface area (Å²) >= 11 is 3.45. The van der Waals surface area contributed by atoms with Crippen LogP contribution in [0.3, 0.4) is 0 Å². The van der Waals surface area contributed by atoms with Crippen molar-refractivity contribution in [3.8, 4) is 0 Å². The smallest absolute Gasteiger partial charge is 0.322 e. The van der Waals surface area contributed by atoms with Crippen molar-refractivity contribution in [2.75, 3.05) is 6.26 Å². The number of rotatable bonds is 3. The van der Waals surface area contributed by atoms with E-state index in [2.05, 4.69) is 20.9 Å². The number of sulfone groups is 1. The van der Waals surface area contributed by atoms with Gasteiger partial charge in [-0.05, 0) is 48.9 Å². The first-order valence-electron chi connectivity index (χ1n) is 6.98. The van der Waals surface area contributed by atoms with Gasteiger partial charge < -0.3 is 10.1 Å². The highest BCUT2D eigenvalue weighted by atomic mass is 79.9. The van der Waals surface area contributed by atoms with Gasteiger partial charge in [0, 0.05) is 27.3 Å². The molecule has 0 fully saturated rings. The van der Waals surface area contributed by atoms with Gasteiger partial charge in [0.25, 0.3) is 0 Å². The Balaban J connectivity index is 2.00. The van der Waals surface area contributed by atoms with Crippen LogP contribution in [0.5, 0.6) is 0 Å². The predicted molar refractivity (Wildman–Crippen MR) is 87.8 cm³/mol. The molecule has 1 heterocycles. The number of halogens is 1. The van der Waals surface area contributed by atoms with Gasteiger partial charge in [-0.15, -0.1) is 0 Å². The lowest BCUT2D eigenvalue weighted by molar-refractivity contribution is -0.137. The van der Waals surface area contributed by atoms with Gasteiger partial charge in [-0.2, -0.15) is 0 Å².